The van der Waals surface area contributed by atoms with E-state index in [0.717, 1.165) is 4.31 Å². The van der Waals surface area contributed by atoms with Crippen molar-refractivity contribution < 1.29 is 27.2 Å². The van der Waals surface area contributed by atoms with Crippen molar-refractivity contribution in [1.82, 2.24) is 14.6 Å². The molecule has 2 aromatic heterocycles. The molecule has 198 valence electrons. The van der Waals surface area contributed by atoms with Crippen LogP contribution in [0.1, 0.15) is 34.6 Å². The van der Waals surface area contributed by atoms with Crippen LogP contribution < -0.4 is 9.86 Å². The Morgan fingerprint density at radius 1 is 1.14 bits per heavy atom. The fourth-order valence-electron chi connectivity index (χ4n) is 3.86. The number of ether oxygens (including phenoxy) is 2. The third-order valence-corrected chi connectivity index (χ3v) is 7.72. The number of carbonyl (C=O) groups is 1. The summed E-state index contributed by atoms with van der Waals surface area (Å²) in [5.41, 5.74) is 0.226. The predicted octanol–water partition coefficient (Wildman–Crippen LogP) is 3.66. The number of sulfonamides is 1. The van der Waals surface area contributed by atoms with Crippen LogP contribution in [-0.4, -0.2) is 61.0 Å². The van der Waals surface area contributed by atoms with Crippen LogP contribution in [0.2, 0.25) is 0 Å². The molecule has 3 heterocycles. The molecule has 37 heavy (non-hydrogen) atoms. The topological polar surface area (TPSA) is 124 Å². The monoisotopic (exact) mass is 530 g/mol. The Hall–Kier alpha value is -3.80. The highest BCUT2D eigenvalue weighted by molar-refractivity contribution is 7.92. The third kappa shape index (κ3) is 5.33. The van der Waals surface area contributed by atoms with Crippen molar-refractivity contribution in [3.05, 3.63) is 58.8 Å². The van der Waals surface area contributed by atoms with Gasteiger partial charge in [0.15, 0.2) is 5.82 Å². The summed E-state index contributed by atoms with van der Waals surface area (Å²) in [6.45, 7) is 9.69. The van der Waals surface area contributed by atoms with Gasteiger partial charge in [-0.15, -0.1) is 0 Å². The third-order valence-electron chi connectivity index (χ3n) is 5.96. The van der Waals surface area contributed by atoms with Crippen LogP contribution in [0.3, 0.4) is 0 Å². The molecule has 1 aromatic carbocycles. The lowest BCUT2D eigenvalue weighted by Gasteiger charge is -2.39. The van der Waals surface area contributed by atoms with Crippen molar-refractivity contribution >= 4 is 38.5 Å². The molecule has 0 aliphatic carbocycles. The van der Waals surface area contributed by atoms with Gasteiger partial charge in [0.25, 0.3) is 15.6 Å². The molecule has 1 saturated heterocycles. The summed E-state index contributed by atoms with van der Waals surface area (Å²) in [4.78, 5) is 26.6. The number of hydrogen-bond acceptors (Lipinski definition) is 8. The molecule has 1 aliphatic heterocycles. The number of rotatable bonds is 6. The molecule has 0 spiro atoms. The molecule has 1 aliphatic rings. The molecule has 12 heteroatoms. The quantitative estimate of drug-likeness (QED) is 0.442. The highest BCUT2D eigenvalue weighted by Gasteiger charge is 2.35. The number of anilines is 1. The molecule has 11 nitrogen and oxygen atoms in total. The summed E-state index contributed by atoms with van der Waals surface area (Å²) in [7, 11) is -2.52. The standard InChI is InChI=1S/C25H30N4O7S/c1-16(17(2)35-19-14-28(15-19)24(31)36-25(3,4)5)29-21-9-8-20(13-18(21)7-10-23(29)30)37(32,33)27(6)22-11-12-34-26-22/h7-13,19H,14-15H2,1-6H3. The van der Waals surface area contributed by atoms with Crippen molar-refractivity contribution in [2.24, 2.45) is 0 Å². The van der Waals surface area contributed by atoms with Gasteiger partial charge in [0.05, 0.1) is 29.2 Å². The average molecular weight is 531 g/mol. The summed E-state index contributed by atoms with van der Waals surface area (Å²) in [6.07, 6.45) is 0.673. The van der Waals surface area contributed by atoms with Crippen molar-refractivity contribution in [2.75, 3.05) is 24.4 Å². The maximum absolute atomic E-state index is 13.1. The molecule has 3 aromatic rings. The molecule has 0 bridgehead atoms. The van der Waals surface area contributed by atoms with Gasteiger partial charge in [-0.2, -0.15) is 0 Å². The first-order valence-corrected chi connectivity index (χ1v) is 13.1. The van der Waals surface area contributed by atoms with Crippen molar-refractivity contribution in [2.45, 2.75) is 51.2 Å². The normalized spacial score (nSPS) is 15.2. The Morgan fingerprint density at radius 3 is 2.46 bits per heavy atom. The number of amides is 1. The Kier molecular flexibility index (Phi) is 6.80. The van der Waals surface area contributed by atoms with Crippen LogP contribution in [0.25, 0.3) is 16.6 Å². The second-order valence-electron chi connectivity index (χ2n) is 9.82. The summed E-state index contributed by atoms with van der Waals surface area (Å²) < 4.78 is 44.8. The Morgan fingerprint density at radius 2 is 1.84 bits per heavy atom. The number of likely N-dealkylation sites (tertiary alicyclic amines) is 1. The van der Waals surface area contributed by atoms with Gasteiger partial charge in [-0.1, -0.05) is 5.16 Å². The number of fused-ring (bicyclic) bond motifs is 1. The Labute approximate surface area is 214 Å². The minimum atomic E-state index is -3.90. The second-order valence-corrected chi connectivity index (χ2v) is 11.8. The van der Waals surface area contributed by atoms with Gasteiger partial charge in [0.1, 0.15) is 23.7 Å². The molecule has 1 fully saturated rings. The number of nitrogens with zero attached hydrogens (tertiary/aromatic N) is 4. The van der Waals surface area contributed by atoms with Crippen molar-refractivity contribution in [3.8, 4) is 0 Å². The van der Waals surface area contributed by atoms with Crippen LogP contribution >= 0.6 is 0 Å². The highest BCUT2D eigenvalue weighted by Crippen LogP contribution is 2.26. The van der Waals surface area contributed by atoms with Gasteiger partial charge >= 0.3 is 6.09 Å². The molecular weight excluding hydrogens is 500 g/mol. The van der Waals surface area contributed by atoms with Crippen molar-refractivity contribution in [1.29, 1.82) is 0 Å². The van der Waals surface area contributed by atoms with Crippen LogP contribution in [0.15, 0.2) is 62.6 Å². The van der Waals surface area contributed by atoms with Crippen LogP contribution in [0, 0.1) is 0 Å². The van der Waals surface area contributed by atoms with E-state index < -0.39 is 21.7 Å². The van der Waals surface area contributed by atoms with Gasteiger partial charge in [-0.3, -0.25) is 13.7 Å². The lowest BCUT2D eigenvalue weighted by molar-refractivity contribution is -0.0414. The Balaban J connectivity index is 1.57. The molecule has 0 radical (unpaired) electrons. The Bertz CT molecular complexity index is 1510. The largest absolute Gasteiger partial charge is 0.490 e. The van der Waals surface area contributed by atoms with Gasteiger partial charge < -0.3 is 18.9 Å². The number of hydrogen-bond donors (Lipinski definition) is 0. The summed E-state index contributed by atoms with van der Waals surface area (Å²) >= 11 is 0. The van der Waals surface area contributed by atoms with E-state index in [9.17, 15) is 18.0 Å². The number of aromatic nitrogens is 2. The minimum absolute atomic E-state index is 0.0435. The fourth-order valence-corrected chi connectivity index (χ4v) is 5.03. The van der Waals surface area contributed by atoms with E-state index in [1.54, 1.807) is 30.9 Å². The molecule has 1 amide bonds. The van der Waals surface area contributed by atoms with Crippen LogP contribution in [-0.2, 0) is 19.5 Å². The zero-order valence-corrected chi connectivity index (χ0v) is 22.4. The van der Waals surface area contributed by atoms with Gasteiger partial charge in [-0.05, 0) is 58.9 Å². The lowest BCUT2D eigenvalue weighted by Crippen LogP contribution is -2.55. The van der Waals surface area contributed by atoms with E-state index in [1.165, 1.54) is 42.1 Å². The van der Waals surface area contributed by atoms with E-state index in [1.807, 2.05) is 20.8 Å². The van der Waals surface area contributed by atoms with Gasteiger partial charge in [0, 0.05) is 24.6 Å². The van der Waals surface area contributed by atoms with Crippen LogP contribution in [0.4, 0.5) is 10.6 Å². The van der Waals surface area contributed by atoms with Gasteiger partial charge in [-0.25, -0.2) is 13.2 Å². The lowest BCUT2D eigenvalue weighted by atomic mass is 10.1. The summed E-state index contributed by atoms with van der Waals surface area (Å²) in [5.74, 6) is 0.670. The van der Waals surface area contributed by atoms with Crippen molar-refractivity contribution in [3.63, 3.8) is 0 Å². The van der Waals surface area contributed by atoms with E-state index in [-0.39, 0.29) is 22.4 Å². The van der Waals surface area contributed by atoms with Gasteiger partial charge in [0.2, 0.25) is 0 Å². The van der Waals surface area contributed by atoms with E-state index in [4.69, 9.17) is 14.0 Å². The van der Waals surface area contributed by atoms with E-state index >= 15 is 0 Å². The van der Waals surface area contributed by atoms with E-state index in [2.05, 4.69) is 5.16 Å². The molecule has 0 saturated carbocycles. The first-order valence-electron chi connectivity index (χ1n) is 11.7. The first-order chi connectivity index (χ1) is 17.3. The molecular formula is C25H30N4O7S. The van der Waals surface area contributed by atoms with E-state index in [0.29, 0.717) is 35.4 Å². The number of carbonyl (C=O) groups excluding carboxylic acids is 1. The number of allylic oxidation sites excluding steroid dienone is 2. The average Bonchev–Trinajstić information content (AvgIpc) is 3.33. The minimum Gasteiger partial charge on any atom is -0.490 e. The van der Waals surface area contributed by atoms with Crippen LogP contribution in [0.5, 0.6) is 0 Å². The predicted molar refractivity (Wildman–Crippen MR) is 138 cm³/mol. The SMILES string of the molecule is CC(OC1CN(C(=O)OC(C)(C)C)C1)=C(C)n1c(=O)ccc2cc(S(=O)(=O)N(C)c3ccon3)ccc21. The zero-order chi connectivity index (χ0) is 27.1. The summed E-state index contributed by atoms with van der Waals surface area (Å²) in [6, 6.07) is 8.94. The number of benzene rings is 1. The fraction of sp³-hybridized carbons (Fsp3) is 0.400. The maximum atomic E-state index is 13.1. The molecule has 0 unspecified atom stereocenters. The number of pyridine rings is 1. The maximum Gasteiger partial charge on any atom is 0.410 e. The molecule has 0 N–H and O–H groups in total. The second kappa shape index (κ2) is 9.58. The highest BCUT2D eigenvalue weighted by atomic mass is 32.2. The molecule has 4 rings (SSSR count). The zero-order valence-electron chi connectivity index (χ0n) is 21.6. The first kappa shape index (κ1) is 26.3. The summed E-state index contributed by atoms with van der Waals surface area (Å²) in [5, 5.41) is 4.24. The smallest absolute Gasteiger partial charge is 0.410 e. The molecule has 0 atom stereocenters.